The van der Waals surface area contributed by atoms with Gasteiger partial charge in [0, 0.05) is 12.2 Å². The minimum absolute atomic E-state index is 0.262. The third-order valence-corrected chi connectivity index (χ3v) is 3.23. The molecular weight excluding hydrogens is 191 g/mol. The van der Waals surface area contributed by atoms with Gasteiger partial charge in [-0.2, -0.15) is 0 Å². The molecule has 1 aromatic heterocycles. The molecule has 1 unspecified atom stereocenters. The van der Waals surface area contributed by atoms with Crippen LogP contribution in [0.1, 0.15) is 32.6 Å². The highest BCUT2D eigenvalue weighted by Gasteiger charge is 2.22. The van der Waals surface area contributed by atoms with Crippen molar-refractivity contribution in [1.29, 1.82) is 0 Å². The molecule has 2 rings (SSSR count). The maximum absolute atomic E-state index is 13.3. The van der Waals surface area contributed by atoms with Crippen LogP contribution < -0.4 is 5.32 Å². The second-order valence-corrected chi connectivity index (χ2v) is 4.31. The van der Waals surface area contributed by atoms with E-state index in [1.165, 1.54) is 31.7 Å². The molecule has 1 saturated carbocycles. The number of nitrogens with zero attached hydrogens (tertiary/aromatic N) is 1. The Morgan fingerprint density at radius 1 is 1.47 bits per heavy atom. The standard InChI is InChI=1S/C12H17FN2/c1-9(10-5-2-3-6-10)15-12-11(13)7-4-8-14-12/h4,7-10H,2-3,5-6H2,1H3,(H,14,15). The van der Waals surface area contributed by atoms with Gasteiger partial charge in [0.25, 0.3) is 0 Å². The maximum Gasteiger partial charge on any atom is 0.165 e. The number of hydrogen-bond acceptors (Lipinski definition) is 2. The summed E-state index contributed by atoms with van der Waals surface area (Å²) in [5.41, 5.74) is 0. The second kappa shape index (κ2) is 4.60. The summed E-state index contributed by atoms with van der Waals surface area (Å²) < 4.78 is 13.3. The van der Waals surface area contributed by atoms with Gasteiger partial charge in [-0.1, -0.05) is 12.8 Å². The topological polar surface area (TPSA) is 24.9 Å². The fourth-order valence-electron chi connectivity index (χ4n) is 2.28. The molecule has 1 fully saturated rings. The molecule has 0 saturated heterocycles. The third kappa shape index (κ3) is 2.46. The van der Waals surface area contributed by atoms with E-state index in [-0.39, 0.29) is 5.82 Å². The van der Waals surface area contributed by atoms with Crippen molar-refractivity contribution in [1.82, 2.24) is 4.98 Å². The normalized spacial score (nSPS) is 19.1. The lowest BCUT2D eigenvalue weighted by molar-refractivity contribution is 0.478. The van der Waals surface area contributed by atoms with Gasteiger partial charge in [0.15, 0.2) is 11.6 Å². The molecule has 1 aliphatic rings. The summed E-state index contributed by atoms with van der Waals surface area (Å²) in [5, 5.41) is 3.17. The Hall–Kier alpha value is -1.12. The Morgan fingerprint density at radius 2 is 2.20 bits per heavy atom. The predicted molar refractivity (Wildman–Crippen MR) is 59.2 cm³/mol. The number of hydrogen-bond donors (Lipinski definition) is 1. The Morgan fingerprint density at radius 3 is 2.87 bits per heavy atom. The molecule has 0 aromatic carbocycles. The Kier molecular flexibility index (Phi) is 3.19. The average Bonchev–Trinajstić information content (AvgIpc) is 2.74. The van der Waals surface area contributed by atoms with Crippen molar-refractivity contribution in [2.75, 3.05) is 5.32 Å². The third-order valence-electron chi connectivity index (χ3n) is 3.23. The summed E-state index contributed by atoms with van der Waals surface area (Å²) in [7, 11) is 0. The minimum atomic E-state index is -0.262. The number of anilines is 1. The number of nitrogens with one attached hydrogen (secondary N) is 1. The largest absolute Gasteiger partial charge is 0.365 e. The first kappa shape index (κ1) is 10.4. The molecular formula is C12H17FN2. The Bertz CT molecular complexity index is 321. The summed E-state index contributed by atoms with van der Waals surface area (Å²) in [6, 6.07) is 3.37. The molecule has 0 spiro atoms. The molecule has 1 aromatic rings. The van der Waals surface area contributed by atoms with Gasteiger partial charge in [0.05, 0.1) is 0 Å². The Labute approximate surface area is 89.9 Å². The average molecular weight is 208 g/mol. The van der Waals surface area contributed by atoms with Gasteiger partial charge in [-0.15, -0.1) is 0 Å². The van der Waals surface area contributed by atoms with Crippen molar-refractivity contribution in [2.45, 2.75) is 38.6 Å². The van der Waals surface area contributed by atoms with E-state index < -0.39 is 0 Å². The molecule has 1 aliphatic carbocycles. The zero-order chi connectivity index (χ0) is 10.7. The van der Waals surface area contributed by atoms with Crippen LogP contribution in [0, 0.1) is 11.7 Å². The van der Waals surface area contributed by atoms with E-state index in [2.05, 4.69) is 17.2 Å². The molecule has 3 heteroatoms. The number of aromatic nitrogens is 1. The van der Waals surface area contributed by atoms with Gasteiger partial charge in [0.2, 0.25) is 0 Å². The lowest BCUT2D eigenvalue weighted by Crippen LogP contribution is -2.24. The zero-order valence-corrected chi connectivity index (χ0v) is 9.04. The van der Waals surface area contributed by atoms with Crippen molar-refractivity contribution in [2.24, 2.45) is 5.92 Å². The van der Waals surface area contributed by atoms with Crippen LogP contribution in [0.5, 0.6) is 0 Å². The monoisotopic (exact) mass is 208 g/mol. The summed E-state index contributed by atoms with van der Waals surface area (Å²) in [6.45, 7) is 2.12. The first-order valence-corrected chi connectivity index (χ1v) is 5.64. The van der Waals surface area contributed by atoms with E-state index in [4.69, 9.17) is 0 Å². The number of pyridine rings is 1. The molecule has 1 atom stereocenters. The highest BCUT2D eigenvalue weighted by Crippen LogP contribution is 2.29. The van der Waals surface area contributed by atoms with Gasteiger partial charge in [-0.05, 0) is 37.8 Å². The van der Waals surface area contributed by atoms with Crippen molar-refractivity contribution < 1.29 is 4.39 Å². The molecule has 15 heavy (non-hydrogen) atoms. The van der Waals surface area contributed by atoms with Crippen LogP contribution in [-0.4, -0.2) is 11.0 Å². The predicted octanol–water partition coefficient (Wildman–Crippen LogP) is 3.21. The summed E-state index contributed by atoms with van der Waals surface area (Å²) >= 11 is 0. The van der Waals surface area contributed by atoms with Crippen LogP contribution in [0.3, 0.4) is 0 Å². The van der Waals surface area contributed by atoms with Crippen molar-refractivity contribution in [3.63, 3.8) is 0 Å². The van der Waals surface area contributed by atoms with Crippen molar-refractivity contribution >= 4 is 5.82 Å². The number of rotatable bonds is 3. The first-order chi connectivity index (χ1) is 7.27. The zero-order valence-electron chi connectivity index (χ0n) is 9.04. The molecule has 1 N–H and O–H groups in total. The molecule has 0 aliphatic heterocycles. The van der Waals surface area contributed by atoms with E-state index in [1.807, 2.05) is 0 Å². The Balaban J connectivity index is 1.99. The maximum atomic E-state index is 13.3. The fraction of sp³-hybridized carbons (Fsp3) is 0.583. The van der Waals surface area contributed by atoms with Crippen molar-refractivity contribution in [3.05, 3.63) is 24.1 Å². The van der Waals surface area contributed by atoms with Crippen LogP contribution >= 0.6 is 0 Å². The summed E-state index contributed by atoms with van der Waals surface area (Å²) in [4.78, 5) is 4.00. The van der Waals surface area contributed by atoms with Gasteiger partial charge >= 0.3 is 0 Å². The van der Waals surface area contributed by atoms with Gasteiger partial charge < -0.3 is 5.32 Å². The lowest BCUT2D eigenvalue weighted by Gasteiger charge is -2.20. The molecule has 2 nitrogen and oxygen atoms in total. The van der Waals surface area contributed by atoms with Crippen LogP contribution in [0.15, 0.2) is 18.3 Å². The quantitative estimate of drug-likeness (QED) is 0.825. The van der Waals surface area contributed by atoms with Gasteiger partial charge in [-0.3, -0.25) is 0 Å². The number of halogens is 1. The van der Waals surface area contributed by atoms with E-state index in [1.54, 1.807) is 12.3 Å². The van der Waals surface area contributed by atoms with Crippen molar-refractivity contribution in [3.8, 4) is 0 Å². The van der Waals surface area contributed by atoms with Crippen LogP contribution in [0.4, 0.5) is 10.2 Å². The highest BCUT2D eigenvalue weighted by molar-refractivity contribution is 5.36. The molecule has 0 amide bonds. The van der Waals surface area contributed by atoms with Gasteiger partial charge in [0.1, 0.15) is 0 Å². The highest BCUT2D eigenvalue weighted by atomic mass is 19.1. The van der Waals surface area contributed by atoms with Crippen LogP contribution in [0.25, 0.3) is 0 Å². The molecule has 1 heterocycles. The molecule has 0 bridgehead atoms. The van der Waals surface area contributed by atoms with E-state index in [0.717, 1.165) is 0 Å². The van der Waals surface area contributed by atoms with E-state index in [0.29, 0.717) is 17.8 Å². The molecule has 82 valence electrons. The van der Waals surface area contributed by atoms with Crippen LogP contribution in [-0.2, 0) is 0 Å². The summed E-state index contributed by atoms with van der Waals surface area (Å²) in [5.74, 6) is 0.797. The first-order valence-electron chi connectivity index (χ1n) is 5.64. The fourth-order valence-corrected chi connectivity index (χ4v) is 2.28. The SMILES string of the molecule is CC(Nc1ncccc1F)C1CCCC1. The van der Waals surface area contributed by atoms with E-state index >= 15 is 0 Å². The van der Waals surface area contributed by atoms with Gasteiger partial charge in [-0.25, -0.2) is 9.37 Å². The minimum Gasteiger partial charge on any atom is -0.365 e. The smallest absolute Gasteiger partial charge is 0.165 e. The molecule has 0 radical (unpaired) electrons. The lowest BCUT2D eigenvalue weighted by atomic mass is 10.00. The second-order valence-electron chi connectivity index (χ2n) is 4.31. The van der Waals surface area contributed by atoms with Crippen LogP contribution in [0.2, 0.25) is 0 Å². The summed E-state index contributed by atoms with van der Waals surface area (Å²) in [6.07, 6.45) is 6.74. The van der Waals surface area contributed by atoms with E-state index in [9.17, 15) is 4.39 Å².